The lowest BCUT2D eigenvalue weighted by molar-refractivity contribution is 0.550. The van der Waals surface area contributed by atoms with Crippen molar-refractivity contribution in [2.75, 3.05) is 0 Å². The highest BCUT2D eigenvalue weighted by atomic mass is 32.3. The summed E-state index contributed by atoms with van der Waals surface area (Å²) in [5.74, 6) is 0. The van der Waals surface area contributed by atoms with Gasteiger partial charge in [-0.3, -0.25) is 4.98 Å². The Morgan fingerprint density at radius 1 is 1.55 bits per heavy atom. The van der Waals surface area contributed by atoms with Gasteiger partial charge in [0.2, 0.25) is 0 Å². The number of halogens is 1. The van der Waals surface area contributed by atoms with Crippen LogP contribution in [0, 0.1) is 6.92 Å². The summed E-state index contributed by atoms with van der Waals surface area (Å²) in [6.07, 6.45) is 1.41. The fourth-order valence-corrected chi connectivity index (χ4v) is 1.37. The van der Waals surface area contributed by atoms with Gasteiger partial charge in [-0.2, -0.15) is 8.42 Å². The Labute approximate surface area is 64.1 Å². The van der Waals surface area contributed by atoms with Crippen LogP contribution in [0.4, 0.5) is 3.89 Å². The second-order valence-corrected chi connectivity index (χ2v) is 3.34. The van der Waals surface area contributed by atoms with Crippen molar-refractivity contribution < 1.29 is 12.3 Å². The molecule has 0 aliphatic carbocycles. The second-order valence-electron chi connectivity index (χ2n) is 2.02. The van der Waals surface area contributed by atoms with Crippen molar-refractivity contribution in [1.29, 1.82) is 0 Å². The molecular formula is C6H6FNO2S. The van der Waals surface area contributed by atoms with Crippen molar-refractivity contribution in [3.8, 4) is 0 Å². The lowest BCUT2D eigenvalue weighted by Crippen LogP contribution is -1.96. The standard InChI is InChI=1S/C6H6FNO2S/c1-5-6(11(7,9)10)3-2-4-8-5/h2-4H,1H3. The van der Waals surface area contributed by atoms with Crippen LogP contribution in [0.25, 0.3) is 0 Å². The molecule has 0 bridgehead atoms. The molecule has 0 amide bonds. The van der Waals surface area contributed by atoms with Gasteiger partial charge >= 0.3 is 10.2 Å². The van der Waals surface area contributed by atoms with Crippen LogP contribution >= 0.6 is 0 Å². The van der Waals surface area contributed by atoms with E-state index in [2.05, 4.69) is 4.98 Å². The van der Waals surface area contributed by atoms with Crippen molar-refractivity contribution in [2.45, 2.75) is 11.8 Å². The fourth-order valence-electron chi connectivity index (χ4n) is 0.727. The number of nitrogens with zero attached hydrogens (tertiary/aromatic N) is 1. The number of hydrogen-bond donors (Lipinski definition) is 0. The Hall–Kier alpha value is -0.970. The zero-order chi connectivity index (χ0) is 8.48. The molecule has 1 aromatic rings. The molecule has 0 saturated heterocycles. The zero-order valence-electron chi connectivity index (χ0n) is 5.78. The first-order chi connectivity index (χ1) is 5.02. The first-order valence-electron chi connectivity index (χ1n) is 2.88. The average molecular weight is 175 g/mol. The Kier molecular flexibility index (Phi) is 1.90. The summed E-state index contributed by atoms with van der Waals surface area (Å²) in [7, 11) is -4.60. The smallest absolute Gasteiger partial charge is 0.260 e. The number of aryl methyl sites for hydroxylation is 1. The third-order valence-corrected chi connectivity index (χ3v) is 2.18. The Morgan fingerprint density at radius 2 is 2.18 bits per heavy atom. The summed E-state index contributed by atoms with van der Waals surface area (Å²) in [6.45, 7) is 1.44. The first-order valence-corrected chi connectivity index (χ1v) is 4.26. The van der Waals surface area contributed by atoms with Crippen LogP contribution in [0.3, 0.4) is 0 Å². The van der Waals surface area contributed by atoms with E-state index in [0.29, 0.717) is 0 Å². The molecule has 0 aliphatic heterocycles. The molecule has 0 unspecified atom stereocenters. The van der Waals surface area contributed by atoms with Crippen LogP contribution in [0.15, 0.2) is 23.2 Å². The van der Waals surface area contributed by atoms with Crippen molar-refractivity contribution in [2.24, 2.45) is 0 Å². The summed E-state index contributed by atoms with van der Waals surface area (Å²) in [5.41, 5.74) is 0.176. The normalized spacial score (nSPS) is 11.5. The van der Waals surface area contributed by atoms with E-state index in [4.69, 9.17) is 0 Å². The van der Waals surface area contributed by atoms with Gasteiger partial charge in [-0.25, -0.2) is 0 Å². The molecule has 0 fully saturated rings. The van der Waals surface area contributed by atoms with Crippen molar-refractivity contribution in [3.05, 3.63) is 24.0 Å². The molecule has 1 aromatic heterocycles. The lowest BCUT2D eigenvalue weighted by Gasteiger charge is -1.96. The first kappa shape index (κ1) is 8.13. The van der Waals surface area contributed by atoms with Gasteiger partial charge in [-0.15, -0.1) is 3.89 Å². The van der Waals surface area contributed by atoms with E-state index in [1.54, 1.807) is 0 Å². The molecule has 60 valence electrons. The summed E-state index contributed by atoms with van der Waals surface area (Å²) in [4.78, 5) is 3.27. The minimum Gasteiger partial charge on any atom is -0.260 e. The van der Waals surface area contributed by atoms with Gasteiger partial charge < -0.3 is 0 Å². The maximum absolute atomic E-state index is 12.3. The predicted octanol–water partition coefficient (Wildman–Crippen LogP) is 1.05. The van der Waals surface area contributed by atoms with Gasteiger partial charge in [0.25, 0.3) is 0 Å². The quantitative estimate of drug-likeness (QED) is 0.599. The Morgan fingerprint density at radius 3 is 2.55 bits per heavy atom. The van der Waals surface area contributed by atoms with Crippen LogP contribution < -0.4 is 0 Å². The molecule has 1 heterocycles. The van der Waals surface area contributed by atoms with E-state index in [1.165, 1.54) is 25.3 Å². The van der Waals surface area contributed by atoms with E-state index in [9.17, 15) is 12.3 Å². The van der Waals surface area contributed by atoms with Gasteiger partial charge in [0.1, 0.15) is 4.90 Å². The SMILES string of the molecule is Cc1ncccc1S(=O)(=O)F. The molecule has 1 rings (SSSR count). The summed E-state index contributed by atoms with van der Waals surface area (Å²) in [6, 6.07) is 2.55. The second kappa shape index (κ2) is 2.58. The van der Waals surface area contributed by atoms with Gasteiger partial charge in [0.05, 0.1) is 5.69 Å². The molecule has 3 nitrogen and oxygen atoms in total. The van der Waals surface area contributed by atoms with Gasteiger partial charge in [0, 0.05) is 6.20 Å². The van der Waals surface area contributed by atoms with Gasteiger partial charge in [0.15, 0.2) is 0 Å². The third kappa shape index (κ3) is 1.74. The van der Waals surface area contributed by atoms with E-state index in [0.717, 1.165) is 0 Å². The minimum absolute atomic E-state index is 0.176. The Bertz CT molecular complexity index is 361. The monoisotopic (exact) mass is 175 g/mol. The van der Waals surface area contributed by atoms with Crippen molar-refractivity contribution in [3.63, 3.8) is 0 Å². The van der Waals surface area contributed by atoms with E-state index < -0.39 is 10.2 Å². The predicted molar refractivity (Wildman–Crippen MR) is 37.3 cm³/mol. The van der Waals surface area contributed by atoms with Crippen molar-refractivity contribution in [1.82, 2.24) is 4.98 Å². The molecule has 11 heavy (non-hydrogen) atoms. The molecule has 0 aliphatic rings. The van der Waals surface area contributed by atoms with E-state index >= 15 is 0 Å². The fraction of sp³-hybridized carbons (Fsp3) is 0.167. The zero-order valence-corrected chi connectivity index (χ0v) is 6.60. The number of rotatable bonds is 1. The molecule has 0 radical (unpaired) electrons. The number of hydrogen-bond acceptors (Lipinski definition) is 3. The van der Waals surface area contributed by atoms with Crippen LogP contribution in [-0.2, 0) is 10.2 Å². The molecular weight excluding hydrogens is 169 g/mol. The molecule has 0 saturated carbocycles. The summed E-state index contributed by atoms with van der Waals surface area (Å²) >= 11 is 0. The third-order valence-electron chi connectivity index (χ3n) is 1.22. The maximum atomic E-state index is 12.3. The van der Waals surface area contributed by atoms with Crippen LogP contribution in [0.1, 0.15) is 5.69 Å². The molecule has 5 heteroatoms. The average Bonchev–Trinajstić information content (AvgIpc) is 1.86. The maximum Gasteiger partial charge on any atom is 0.333 e. The number of aromatic nitrogens is 1. The largest absolute Gasteiger partial charge is 0.333 e. The lowest BCUT2D eigenvalue weighted by atomic mass is 10.4. The van der Waals surface area contributed by atoms with Crippen molar-refractivity contribution >= 4 is 10.2 Å². The van der Waals surface area contributed by atoms with Crippen LogP contribution in [0.2, 0.25) is 0 Å². The highest BCUT2D eigenvalue weighted by Crippen LogP contribution is 2.13. The topological polar surface area (TPSA) is 47.0 Å². The highest BCUT2D eigenvalue weighted by molar-refractivity contribution is 7.86. The summed E-state index contributed by atoms with van der Waals surface area (Å²) < 4.78 is 33.0. The Balaban J connectivity index is 3.37. The van der Waals surface area contributed by atoms with E-state index in [1.807, 2.05) is 0 Å². The molecule has 0 N–H and O–H groups in total. The van der Waals surface area contributed by atoms with Crippen LogP contribution in [0.5, 0.6) is 0 Å². The minimum atomic E-state index is -4.60. The van der Waals surface area contributed by atoms with Gasteiger partial charge in [-0.05, 0) is 19.1 Å². The molecule has 0 aromatic carbocycles. The number of pyridine rings is 1. The molecule has 0 atom stereocenters. The highest BCUT2D eigenvalue weighted by Gasteiger charge is 2.14. The van der Waals surface area contributed by atoms with E-state index in [-0.39, 0.29) is 10.6 Å². The molecule has 0 spiro atoms. The summed E-state index contributed by atoms with van der Waals surface area (Å²) in [5, 5.41) is 0. The van der Waals surface area contributed by atoms with Crippen LogP contribution in [-0.4, -0.2) is 13.4 Å². The van der Waals surface area contributed by atoms with Gasteiger partial charge in [-0.1, -0.05) is 0 Å².